The van der Waals surface area contributed by atoms with Crippen LogP contribution in [0.2, 0.25) is 0 Å². The fourth-order valence-electron chi connectivity index (χ4n) is 3.02. The highest BCUT2D eigenvalue weighted by molar-refractivity contribution is 5.34. The Kier molecular flexibility index (Phi) is 4.26. The lowest BCUT2D eigenvalue weighted by Crippen LogP contribution is -2.16. The van der Waals surface area contributed by atoms with Gasteiger partial charge < -0.3 is 10.1 Å². The third-order valence-electron chi connectivity index (χ3n) is 4.38. The molecular weight excluding hydrogens is 258 g/mol. The molecule has 2 unspecified atom stereocenters. The largest absolute Gasteiger partial charge is 0.486 e. The van der Waals surface area contributed by atoms with Crippen molar-refractivity contribution in [3.8, 4) is 5.75 Å². The van der Waals surface area contributed by atoms with Crippen molar-refractivity contribution >= 4 is 0 Å². The third-order valence-corrected chi connectivity index (χ3v) is 4.38. The summed E-state index contributed by atoms with van der Waals surface area (Å²) < 4.78 is 6.29. The second kappa shape index (κ2) is 6.31. The second-order valence-corrected chi connectivity index (χ2v) is 5.78. The predicted molar refractivity (Wildman–Crippen MR) is 86.7 cm³/mol. The summed E-state index contributed by atoms with van der Waals surface area (Å²) in [5, 5.41) is 3.27. The van der Waals surface area contributed by atoms with Crippen molar-refractivity contribution in [2.24, 2.45) is 0 Å². The Morgan fingerprint density at radius 1 is 1.14 bits per heavy atom. The maximum Gasteiger partial charge on any atom is 0.124 e. The van der Waals surface area contributed by atoms with E-state index in [1.807, 2.05) is 7.05 Å². The summed E-state index contributed by atoms with van der Waals surface area (Å²) in [5.41, 5.74) is 4.06. The van der Waals surface area contributed by atoms with Crippen LogP contribution in [0, 0.1) is 0 Å². The molecule has 2 heteroatoms. The lowest BCUT2D eigenvalue weighted by atomic mass is 9.89. The van der Waals surface area contributed by atoms with Crippen molar-refractivity contribution in [1.29, 1.82) is 0 Å². The lowest BCUT2D eigenvalue weighted by Gasteiger charge is -2.26. The van der Waals surface area contributed by atoms with Gasteiger partial charge >= 0.3 is 0 Å². The zero-order chi connectivity index (χ0) is 14.7. The number of hydrogen-bond acceptors (Lipinski definition) is 2. The minimum atomic E-state index is 0.190. The molecule has 0 amide bonds. The monoisotopic (exact) mass is 281 g/mol. The Morgan fingerprint density at radius 2 is 2.00 bits per heavy atom. The number of aryl methyl sites for hydroxylation is 1. The van der Waals surface area contributed by atoms with Gasteiger partial charge in [-0.05, 0) is 62.1 Å². The molecule has 0 aromatic heterocycles. The molecule has 2 aromatic carbocycles. The van der Waals surface area contributed by atoms with Crippen LogP contribution in [0.15, 0.2) is 48.5 Å². The van der Waals surface area contributed by atoms with Crippen LogP contribution in [0.1, 0.15) is 48.6 Å². The first kappa shape index (κ1) is 14.2. The van der Waals surface area contributed by atoms with Crippen molar-refractivity contribution in [3.05, 3.63) is 65.2 Å². The minimum absolute atomic E-state index is 0.190. The van der Waals surface area contributed by atoms with Crippen LogP contribution in [-0.2, 0) is 6.42 Å². The van der Waals surface area contributed by atoms with Crippen molar-refractivity contribution < 1.29 is 4.74 Å². The molecule has 110 valence electrons. The quantitative estimate of drug-likeness (QED) is 0.895. The van der Waals surface area contributed by atoms with E-state index in [9.17, 15) is 0 Å². The Morgan fingerprint density at radius 3 is 2.86 bits per heavy atom. The van der Waals surface area contributed by atoms with Crippen molar-refractivity contribution in [1.82, 2.24) is 5.32 Å². The smallest absolute Gasteiger partial charge is 0.124 e. The molecule has 0 spiro atoms. The first-order valence-electron chi connectivity index (χ1n) is 7.79. The molecule has 2 atom stereocenters. The molecule has 2 nitrogen and oxygen atoms in total. The topological polar surface area (TPSA) is 21.3 Å². The Hall–Kier alpha value is -1.80. The van der Waals surface area contributed by atoms with E-state index in [1.54, 1.807) is 0 Å². The SMILES string of the molecule is CNC(C)c1cccc(OC2CCCc3ccccc32)c1. The van der Waals surface area contributed by atoms with Crippen LogP contribution in [0.25, 0.3) is 0 Å². The Balaban J connectivity index is 1.82. The van der Waals surface area contributed by atoms with Gasteiger partial charge in [0.25, 0.3) is 0 Å². The van der Waals surface area contributed by atoms with Gasteiger partial charge in [-0.25, -0.2) is 0 Å². The number of fused-ring (bicyclic) bond motifs is 1. The van der Waals surface area contributed by atoms with E-state index in [0.717, 1.165) is 12.2 Å². The Bertz CT molecular complexity index is 608. The van der Waals surface area contributed by atoms with Crippen LogP contribution in [0.3, 0.4) is 0 Å². The summed E-state index contributed by atoms with van der Waals surface area (Å²) in [7, 11) is 1.98. The first-order valence-corrected chi connectivity index (χ1v) is 7.79. The molecule has 0 heterocycles. The average molecular weight is 281 g/mol. The highest BCUT2D eigenvalue weighted by Gasteiger charge is 2.21. The van der Waals surface area contributed by atoms with Gasteiger partial charge in [0.05, 0.1) is 0 Å². The van der Waals surface area contributed by atoms with E-state index in [0.29, 0.717) is 6.04 Å². The van der Waals surface area contributed by atoms with Crippen molar-refractivity contribution in [2.45, 2.75) is 38.3 Å². The van der Waals surface area contributed by atoms with E-state index >= 15 is 0 Å². The Labute approximate surface area is 127 Å². The summed E-state index contributed by atoms with van der Waals surface area (Å²) in [6.07, 6.45) is 3.67. The number of rotatable bonds is 4. The van der Waals surface area contributed by atoms with Gasteiger partial charge in [0.2, 0.25) is 0 Å². The van der Waals surface area contributed by atoms with Crippen LogP contribution in [-0.4, -0.2) is 7.05 Å². The summed E-state index contributed by atoms with van der Waals surface area (Å²) in [6, 6.07) is 17.4. The summed E-state index contributed by atoms with van der Waals surface area (Å²) >= 11 is 0. The molecule has 0 aliphatic heterocycles. The zero-order valence-corrected chi connectivity index (χ0v) is 12.8. The molecule has 0 radical (unpaired) electrons. The molecule has 21 heavy (non-hydrogen) atoms. The van der Waals surface area contributed by atoms with Gasteiger partial charge in [-0.1, -0.05) is 36.4 Å². The normalized spacial score (nSPS) is 18.9. The standard InChI is InChI=1S/C19H23NO/c1-14(20-2)16-9-5-10-17(13-16)21-19-12-6-8-15-7-3-4-11-18(15)19/h3-5,7,9-11,13-14,19-20H,6,8,12H2,1-2H3. The molecule has 1 aliphatic rings. The van der Waals surface area contributed by atoms with Gasteiger partial charge in [0, 0.05) is 6.04 Å². The molecule has 1 aliphatic carbocycles. The molecule has 2 aromatic rings. The highest BCUT2D eigenvalue weighted by Crippen LogP contribution is 2.34. The van der Waals surface area contributed by atoms with E-state index < -0.39 is 0 Å². The zero-order valence-electron chi connectivity index (χ0n) is 12.8. The fourth-order valence-corrected chi connectivity index (χ4v) is 3.02. The van der Waals surface area contributed by atoms with Gasteiger partial charge in [-0.15, -0.1) is 0 Å². The van der Waals surface area contributed by atoms with E-state index in [-0.39, 0.29) is 6.10 Å². The molecular formula is C19H23NO. The number of hydrogen-bond donors (Lipinski definition) is 1. The molecule has 0 fully saturated rings. The minimum Gasteiger partial charge on any atom is -0.486 e. The van der Waals surface area contributed by atoms with Gasteiger partial charge in [0.1, 0.15) is 11.9 Å². The van der Waals surface area contributed by atoms with Crippen LogP contribution < -0.4 is 10.1 Å². The summed E-state index contributed by atoms with van der Waals surface area (Å²) in [6.45, 7) is 2.16. The van der Waals surface area contributed by atoms with Crippen LogP contribution in [0.5, 0.6) is 5.75 Å². The van der Waals surface area contributed by atoms with Crippen molar-refractivity contribution in [2.75, 3.05) is 7.05 Å². The second-order valence-electron chi connectivity index (χ2n) is 5.78. The predicted octanol–water partition coefficient (Wildman–Crippen LogP) is 4.42. The molecule has 3 rings (SSSR count). The maximum atomic E-state index is 6.29. The number of nitrogens with one attached hydrogen (secondary N) is 1. The van der Waals surface area contributed by atoms with Crippen molar-refractivity contribution in [3.63, 3.8) is 0 Å². The molecule has 0 saturated carbocycles. The summed E-state index contributed by atoms with van der Waals surface area (Å²) in [5.74, 6) is 0.969. The highest BCUT2D eigenvalue weighted by atomic mass is 16.5. The maximum absolute atomic E-state index is 6.29. The number of ether oxygens (including phenoxy) is 1. The lowest BCUT2D eigenvalue weighted by molar-refractivity contribution is 0.183. The van der Waals surface area contributed by atoms with E-state index in [2.05, 4.69) is 60.8 Å². The number of benzene rings is 2. The third kappa shape index (κ3) is 3.11. The van der Waals surface area contributed by atoms with E-state index in [1.165, 1.54) is 29.5 Å². The fraction of sp³-hybridized carbons (Fsp3) is 0.368. The molecule has 0 bridgehead atoms. The first-order chi connectivity index (χ1) is 10.3. The van der Waals surface area contributed by atoms with Gasteiger partial charge in [-0.3, -0.25) is 0 Å². The van der Waals surface area contributed by atoms with Crippen LogP contribution >= 0.6 is 0 Å². The van der Waals surface area contributed by atoms with E-state index in [4.69, 9.17) is 4.74 Å². The van der Waals surface area contributed by atoms with Crippen LogP contribution in [0.4, 0.5) is 0 Å². The average Bonchev–Trinajstić information content (AvgIpc) is 2.55. The summed E-state index contributed by atoms with van der Waals surface area (Å²) in [4.78, 5) is 0. The van der Waals surface area contributed by atoms with Gasteiger partial charge in [0.15, 0.2) is 0 Å². The van der Waals surface area contributed by atoms with Gasteiger partial charge in [-0.2, -0.15) is 0 Å². The molecule has 0 saturated heterocycles. The molecule has 1 N–H and O–H groups in total.